The van der Waals surface area contributed by atoms with Crippen LogP contribution in [-0.4, -0.2) is 40.7 Å². The number of methoxy groups -OCH3 is 1. The molecule has 3 heterocycles. The highest BCUT2D eigenvalue weighted by Gasteiger charge is 2.24. The molecule has 0 unspecified atom stereocenters. The molecule has 25 heavy (non-hydrogen) atoms. The highest BCUT2D eigenvalue weighted by Crippen LogP contribution is 2.28. The van der Waals surface area contributed by atoms with Gasteiger partial charge in [-0.2, -0.15) is 0 Å². The molecule has 7 nitrogen and oxygen atoms in total. The van der Waals surface area contributed by atoms with Crippen LogP contribution in [0.25, 0.3) is 11.0 Å². The van der Waals surface area contributed by atoms with Gasteiger partial charge in [-0.3, -0.25) is 9.78 Å². The van der Waals surface area contributed by atoms with Gasteiger partial charge in [-0.25, -0.2) is 4.98 Å². The molecule has 0 radical (unpaired) electrons. The molecule has 0 bridgehead atoms. The molecular weight excluding hydrogens is 320 g/mol. The third kappa shape index (κ3) is 2.94. The van der Waals surface area contributed by atoms with Gasteiger partial charge in [0.15, 0.2) is 0 Å². The molecule has 1 atom stereocenters. The highest BCUT2D eigenvalue weighted by atomic mass is 16.5. The number of ether oxygens (including phenoxy) is 2. The number of hydrogen-bond donors (Lipinski definition) is 1. The van der Waals surface area contributed by atoms with Gasteiger partial charge in [0.05, 0.1) is 36.4 Å². The lowest BCUT2D eigenvalue weighted by atomic mass is 10.2. The largest absolute Gasteiger partial charge is 0.497 e. The first-order valence-corrected chi connectivity index (χ1v) is 8.07. The monoisotopic (exact) mass is 338 g/mol. The normalized spacial score (nSPS) is 16.4. The molecular formula is C18H18N4O3. The van der Waals surface area contributed by atoms with Gasteiger partial charge in [0.1, 0.15) is 18.2 Å². The maximum atomic E-state index is 12.3. The summed E-state index contributed by atoms with van der Waals surface area (Å²) in [6.45, 7) is 1.44. The lowest BCUT2D eigenvalue weighted by Gasteiger charge is -2.26. The second kappa shape index (κ2) is 6.52. The summed E-state index contributed by atoms with van der Waals surface area (Å²) >= 11 is 0. The summed E-state index contributed by atoms with van der Waals surface area (Å²) in [5.74, 6) is 1.48. The fourth-order valence-electron chi connectivity index (χ4n) is 3.09. The van der Waals surface area contributed by atoms with Gasteiger partial charge in [-0.05, 0) is 24.3 Å². The zero-order valence-electron chi connectivity index (χ0n) is 13.8. The average molecular weight is 338 g/mol. The topological polar surface area (TPSA) is 78.3 Å². The zero-order valence-corrected chi connectivity index (χ0v) is 13.8. The van der Waals surface area contributed by atoms with E-state index in [1.165, 1.54) is 0 Å². The Kier molecular flexibility index (Phi) is 4.07. The number of rotatable bonds is 4. The van der Waals surface area contributed by atoms with Crippen LogP contribution in [0.4, 0.5) is 0 Å². The van der Waals surface area contributed by atoms with E-state index in [4.69, 9.17) is 9.47 Å². The summed E-state index contributed by atoms with van der Waals surface area (Å²) in [6.07, 6.45) is 3.20. The molecule has 3 aromatic rings. The van der Waals surface area contributed by atoms with Gasteiger partial charge >= 0.3 is 0 Å². The first-order chi connectivity index (χ1) is 12.3. The number of nitrogens with zero attached hydrogens (tertiary/aromatic N) is 3. The van der Waals surface area contributed by atoms with E-state index in [0.717, 1.165) is 22.6 Å². The minimum atomic E-state index is -0.147. The number of aromatic nitrogens is 3. The summed E-state index contributed by atoms with van der Waals surface area (Å²) in [4.78, 5) is 20.9. The Bertz CT molecular complexity index is 907. The maximum Gasteiger partial charge on any atom is 0.252 e. The molecule has 128 valence electrons. The first-order valence-electron chi connectivity index (χ1n) is 8.07. The van der Waals surface area contributed by atoms with Gasteiger partial charge in [0, 0.05) is 25.0 Å². The number of pyridine rings is 1. The fraction of sp³-hybridized carbons (Fsp3) is 0.278. The zero-order chi connectivity index (χ0) is 17.2. The molecule has 2 aromatic heterocycles. The molecule has 0 fully saturated rings. The van der Waals surface area contributed by atoms with Crippen molar-refractivity contribution in [2.45, 2.75) is 12.6 Å². The molecule has 1 aliphatic heterocycles. The van der Waals surface area contributed by atoms with E-state index in [1.54, 1.807) is 31.6 Å². The number of fused-ring (bicyclic) bond motifs is 3. The van der Waals surface area contributed by atoms with E-state index < -0.39 is 0 Å². The Balaban J connectivity index is 1.58. The van der Waals surface area contributed by atoms with Gasteiger partial charge < -0.3 is 19.4 Å². The number of benzene rings is 1. The lowest BCUT2D eigenvalue weighted by Crippen LogP contribution is -2.35. The number of hydrogen-bond acceptors (Lipinski definition) is 5. The summed E-state index contributed by atoms with van der Waals surface area (Å²) in [5.41, 5.74) is 2.42. The van der Waals surface area contributed by atoms with Crippen LogP contribution < -0.4 is 10.1 Å². The smallest absolute Gasteiger partial charge is 0.252 e. The van der Waals surface area contributed by atoms with Crippen molar-refractivity contribution in [2.24, 2.45) is 0 Å². The van der Waals surface area contributed by atoms with Crippen LogP contribution in [0.2, 0.25) is 0 Å². The van der Waals surface area contributed by atoms with Gasteiger partial charge in [0.25, 0.3) is 5.91 Å². The summed E-state index contributed by atoms with van der Waals surface area (Å²) in [5, 5.41) is 2.95. The van der Waals surface area contributed by atoms with E-state index in [-0.39, 0.29) is 11.9 Å². The predicted octanol–water partition coefficient (Wildman–Crippen LogP) is 1.94. The third-order valence-corrected chi connectivity index (χ3v) is 4.30. The summed E-state index contributed by atoms with van der Waals surface area (Å²) in [6, 6.07) is 9.29. The van der Waals surface area contributed by atoms with Crippen molar-refractivity contribution in [3.05, 3.63) is 54.1 Å². The van der Waals surface area contributed by atoms with E-state index in [2.05, 4.69) is 19.9 Å². The molecule has 0 spiro atoms. The Labute approximate surface area is 144 Å². The maximum absolute atomic E-state index is 12.3. The molecule has 7 heteroatoms. The van der Waals surface area contributed by atoms with Crippen LogP contribution >= 0.6 is 0 Å². The second-order valence-corrected chi connectivity index (χ2v) is 5.87. The average Bonchev–Trinajstić information content (AvgIpc) is 3.04. The van der Waals surface area contributed by atoms with E-state index in [0.29, 0.717) is 25.3 Å². The van der Waals surface area contributed by atoms with Gasteiger partial charge in [-0.15, -0.1) is 0 Å². The third-order valence-electron chi connectivity index (χ3n) is 4.30. The molecule has 0 aliphatic carbocycles. The van der Waals surface area contributed by atoms with E-state index in [1.807, 2.05) is 18.2 Å². The van der Waals surface area contributed by atoms with Crippen LogP contribution in [0.1, 0.15) is 22.2 Å². The first kappa shape index (κ1) is 15.6. The summed E-state index contributed by atoms with van der Waals surface area (Å²) < 4.78 is 13.1. The van der Waals surface area contributed by atoms with Crippen molar-refractivity contribution >= 4 is 16.9 Å². The molecule has 4 rings (SSSR count). The molecule has 0 saturated carbocycles. The van der Waals surface area contributed by atoms with Crippen molar-refractivity contribution < 1.29 is 14.3 Å². The second-order valence-electron chi connectivity index (χ2n) is 5.87. The van der Waals surface area contributed by atoms with E-state index >= 15 is 0 Å². The van der Waals surface area contributed by atoms with Crippen molar-refractivity contribution in [3.63, 3.8) is 0 Å². The number of amides is 1. The van der Waals surface area contributed by atoms with Crippen molar-refractivity contribution in [1.82, 2.24) is 19.9 Å². The Morgan fingerprint density at radius 2 is 2.36 bits per heavy atom. The Hall–Kier alpha value is -2.93. The van der Waals surface area contributed by atoms with Crippen LogP contribution in [0, 0.1) is 0 Å². The summed E-state index contributed by atoms with van der Waals surface area (Å²) in [7, 11) is 1.64. The number of imidazole rings is 1. The van der Waals surface area contributed by atoms with Gasteiger partial charge in [0.2, 0.25) is 0 Å². The SMILES string of the molecule is COc1ccc2c(c1)nc1n2[C@@H](CNC(=O)c2cccnc2)COC1. The van der Waals surface area contributed by atoms with Crippen molar-refractivity contribution in [3.8, 4) is 5.75 Å². The Morgan fingerprint density at radius 3 is 3.16 bits per heavy atom. The number of carbonyl (C=O) groups excluding carboxylic acids is 1. The molecule has 1 aromatic carbocycles. The molecule has 1 amide bonds. The number of nitrogens with one attached hydrogen (secondary N) is 1. The lowest BCUT2D eigenvalue weighted by molar-refractivity contribution is 0.0553. The molecule has 1 aliphatic rings. The van der Waals surface area contributed by atoms with Gasteiger partial charge in [-0.1, -0.05) is 0 Å². The standard InChI is InChI=1S/C18H18N4O3/c1-24-14-4-5-16-15(7-14)21-17-11-25-10-13(22(16)17)9-20-18(23)12-3-2-6-19-8-12/h2-8,13H,9-11H2,1H3,(H,20,23)/t13-/m0/s1. The van der Waals surface area contributed by atoms with Crippen LogP contribution in [0.15, 0.2) is 42.7 Å². The van der Waals surface area contributed by atoms with Crippen LogP contribution in [-0.2, 0) is 11.3 Å². The molecule has 1 N–H and O–H groups in total. The Morgan fingerprint density at radius 1 is 1.44 bits per heavy atom. The van der Waals surface area contributed by atoms with Crippen LogP contribution in [0.5, 0.6) is 5.75 Å². The highest BCUT2D eigenvalue weighted by molar-refractivity contribution is 5.93. The minimum absolute atomic E-state index is 0.0113. The minimum Gasteiger partial charge on any atom is -0.497 e. The number of carbonyl (C=O) groups is 1. The van der Waals surface area contributed by atoms with E-state index in [9.17, 15) is 4.79 Å². The van der Waals surface area contributed by atoms with Crippen molar-refractivity contribution in [1.29, 1.82) is 0 Å². The quantitative estimate of drug-likeness (QED) is 0.786. The predicted molar refractivity (Wildman–Crippen MR) is 91.5 cm³/mol. The van der Waals surface area contributed by atoms with Crippen molar-refractivity contribution in [2.75, 3.05) is 20.3 Å². The fourth-order valence-corrected chi connectivity index (χ4v) is 3.09. The molecule has 0 saturated heterocycles. The van der Waals surface area contributed by atoms with Crippen LogP contribution in [0.3, 0.4) is 0 Å².